The van der Waals surface area contributed by atoms with E-state index in [0.29, 0.717) is 0 Å². The van der Waals surface area contributed by atoms with Crippen molar-refractivity contribution in [2.45, 2.75) is 18.5 Å². The summed E-state index contributed by atoms with van der Waals surface area (Å²) in [5.41, 5.74) is 0. The summed E-state index contributed by atoms with van der Waals surface area (Å²) in [6, 6.07) is 0. The second-order valence-electron chi connectivity index (χ2n) is 2.36. The largest absolute Gasteiger partial charge is 3.00 e. The number of alkyl halides is 9. The Morgan fingerprint density at radius 3 is 0.565 bits per heavy atom. The van der Waals surface area contributed by atoms with Gasteiger partial charge >= 0.3 is 65.5 Å². The fourth-order valence-electron chi connectivity index (χ4n) is 0. The predicted octanol–water partition coefficient (Wildman–Crippen LogP) is -2.93. The van der Waals surface area contributed by atoms with Crippen molar-refractivity contribution in [1.29, 1.82) is 0 Å². The van der Waals surface area contributed by atoms with Crippen LogP contribution in [0.25, 0.3) is 0 Å². The topological polar surface area (TPSA) is 152 Å². The maximum atomic E-state index is 10.5. The van der Waals surface area contributed by atoms with E-state index in [1.54, 1.807) is 0 Å². The summed E-state index contributed by atoms with van der Waals surface area (Å²) in [7, 11) is 0. The molecule has 0 aromatic rings. The molecule has 0 aliphatic carbocycles. The molecule has 0 heterocycles. The second-order valence-corrected chi connectivity index (χ2v) is 2.36. The van der Waals surface area contributed by atoms with Gasteiger partial charge in [0, 0.05) is 0 Å². The van der Waals surface area contributed by atoms with Crippen molar-refractivity contribution < 1.29 is 122 Å². The quantitative estimate of drug-likeness (QED) is 0.306. The number of aliphatic carboxylic acids is 3. The summed E-state index contributed by atoms with van der Waals surface area (Å²) in [5, 5.41) is 26.4. The number of hydrogen-bond donors (Lipinski definition) is 0. The van der Waals surface area contributed by atoms with E-state index in [0.717, 1.165) is 0 Å². The molecule has 23 heavy (non-hydrogen) atoms. The molecule has 0 rings (SSSR count). The average Bonchev–Trinajstić information content (AvgIpc) is 2.14. The third-order valence-electron chi connectivity index (χ3n) is 0.694. The van der Waals surface area contributed by atoms with Gasteiger partial charge in [-0.1, -0.05) is 0 Å². The van der Waals surface area contributed by atoms with Crippen molar-refractivity contribution in [3.8, 4) is 0 Å². The van der Waals surface area contributed by atoms with Crippen LogP contribution >= 0.6 is 0 Å². The first kappa shape index (κ1) is 33.8. The Kier molecular flexibility index (Phi) is 18.6. The molecule has 0 saturated heterocycles. The maximum Gasteiger partial charge on any atom is 3.00 e. The van der Waals surface area contributed by atoms with E-state index < -0.39 is 36.4 Å². The summed E-state index contributed by atoms with van der Waals surface area (Å²) in [6.45, 7) is 0. The molecule has 17 heteroatoms. The Balaban J connectivity index is -0.0000000675. The van der Waals surface area contributed by atoms with E-state index in [1.165, 1.54) is 0 Å². The van der Waals surface area contributed by atoms with E-state index in [2.05, 4.69) is 0 Å². The molecule has 0 amide bonds. The monoisotopic (exact) mass is 531 g/mol. The van der Waals surface area contributed by atoms with Crippen LogP contribution in [0.4, 0.5) is 39.5 Å². The summed E-state index contributed by atoms with van der Waals surface area (Å²) >= 11 is 0. The molecule has 0 atom stereocenters. The number of carbonyl (C=O) groups is 3. The zero-order chi connectivity index (χ0) is 18.2. The minimum atomic E-state index is -5.19. The van der Waals surface area contributed by atoms with Crippen LogP contribution in [0.5, 0.6) is 0 Å². The molecule has 1 radical (unpaired) electrons. The number of halogens is 9. The Labute approximate surface area is 157 Å². The molecule has 0 aliphatic heterocycles. The van der Waals surface area contributed by atoms with Gasteiger partial charge in [-0.25, -0.2) is 0 Å². The number of carboxylic acids is 3. The van der Waals surface area contributed by atoms with Crippen molar-refractivity contribution in [2.24, 2.45) is 0 Å². The molecule has 0 fully saturated rings. The fraction of sp³-hybridized carbons (Fsp3) is 0.500. The Hall–Kier alpha value is -0.741. The first-order valence-corrected chi connectivity index (χ1v) is 3.68. The van der Waals surface area contributed by atoms with Crippen molar-refractivity contribution in [3.63, 3.8) is 0 Å². The smallest absolute Gasteiger partial charge is 0.542 e. The van der Waals surface area contributed by atoms with E-state index in [1.807, 2.05) is 0 Å². The number of hydrogen-bond acceptors (Lipinski definition) is 6. The summed E-state index contributed by atoms with van der Waals surface area (Å²) < 4.78 is 94.6. The van der Waals surface area contributed by atoms with Crippen molar-refractivity contribution >= 4 is 17.9 Å². The molecule has 7 nitrogen and oxygen atoms in total. The van der Waals surface area contributed by atoms with Crippen LogP contribution in [-0.2, 0) is 14.4 Å². The summed E-state index contributed by atoms with van der Waals surface area (Å²) in [4.78, 5) is 26.4. The maximum absolute atomic E-state index is 10.5. The molecule has 2 N–H and O–H groups in total. The van der Waals surface area contributed by atoms with Crippen molar-refractivity contribution in [2.75, 3.05) is 0 Å². The molecular weight excluding hydrogens is 528 g/mol. The van der Waals surface area contributed by atoms with Gasteiger partial charge < -0.3 is 35.2 Å². The third-order valence-corrected chi connectivity index (χ3v) is 0.694. The number of carboxylic acid groups (broad SMARTS) is 3. The minimum Gasteiger partial charge on any atom is -0.542 e. The number of carbonyl (C=O) groups excluding carboxylic acids is 3. The first-order valence-electron chi connectivity index (χ1n) is 3.68. The van der Waals surface area contributed by atoms with Gasteiger partial charge in [0.2, 0.25) is 0 Å². The van der Waals surface area contributed by atoms with E-state index >= 15 is 0 Å². The van der Waals surface area contributed by atoms with Crippen LogP contribution in [0.2, 0.25) is 0 Å². The van der Waals surface area contributed by atoms with Crippen LogP contribution in [0.15, 0.2) is 0 Å². The van der Waals surface area contributed by atoms with E-state index in [4.69, 9.17) is 29.7 Å². The molecule has 0 aromatic heterocycles. The van der Waals surface area contributed by atoms with Crippen molar-refractivity contribution in [1.82, 2.24) is 0 Å². The van der Waals surface area contributed by atoms with Gasteiger partial charge in [0.15, 0.2) is 0 Å². The van der Waals surface area contributed by atoms with E-state index in [-0.39, 0.29) is 52.4 Å². The Bertz CT molecular complexity index is 315. The van der Waals surface area contributed by atoms with Crippen molar-refractivity contribution in [3.05, 3.63) is 0 Å². The van der Waals surface area contributed by atoms with Gasteiger partial charge in [0.1, 0.15) is 17.9 Å². The van der Waals surface area contributed by atoms with Gasteiger partial charge in [-0.05, 0) is 0 Å². The molecule has 145 valence electrons. The second kappa shape index (κ2) is 12.7. The average molecular weight is 530 g/mol. The first-order chi connectivity index (χ1) is 8.83. The van der Waals surface area contributed by atoms with Gasteiger partial charge in [-0.3, -0.25) is 0 Å². The number of rotatable bonds is 0. The molecule has 0 saturated carbocycles. The third kappa shape index (κ3) is 26.5. The van der Waals surface area contributed by atoms with Gasteiger partial charge in [-0.2, -0.15) is 39.5 Å². The standard InChI is InChI=1S/3C2HF3O2.H2O.Yb/c3*3-2(4,5)1(6)7;;/h3*(H,6,7);1H2;/q;;;;+3/p-3. The SMILES string of the molecule is O.O=C([O-])C(F)(F)F.O=C([O-])C(F)(F)F.O=C([O-])C(F)(F)F.[Yb+3]. The zero-order valence-electron chi connectivity index (χ0n) is 9.62. The fourth-order valence-corrected chi connectivity index (χ4v) is 0. The Morgan fingerprint density at radius 2 is 0.565 bits per heavy atom. The molecular formula is C6H2F9O7Yb. The van der Waals surface area contributed by atoms with Crippen LogP contribution in [0, 0.1) is 46.9 Å². The normalized spacial score (nSPS) is 10.3. The van der Waals surface area contributed by atoms with Gasteiger partial charge in [0.05, 0.1) is 0 Å². The summed E-state index contributed by atoms with van der Waals surface area (Å²) in [6.07, 6.45) is -15.6. The minimum absolute atomic E-state index is 0. The van der Waals surface area contributed by atoms with Crippen LogP contribution < -0.4 is 15.3 Å². The van der Waals surface area contributed by atoms with Crippen LogP contribution in [-0.4, -0.2) is 41.9 Å². The molecule has 0 unspecified atom stereocenters. The van der Waals surface area contributed by atoms with Crippen LogP contribution in [0.1, 0.15) is 0 Å². The summed E-state index contributed by atoms with van der Waals surface area (Å²) in [5.74, 6) is -9.02. The molecule has 0 bridgehead atoms. The van der Waals surface area contributed by atoms with E-state index in [9.17, 15) is 39.5 Å². The van der Waals surface area contributed by atoms with Crippen LogP contribution in [0.3, 0.4) is 0 Å². The Morgan fingerprint density at radius 1 is 0.522 bits per heavy atom. The van der Waals surface area contributed by atoms with Gasteiger partial charge in [0.25, 0.3) is 0 Å². The zero-order valence-corrected chi connectivity index (χ0v) is 11.3. The van der Waals surface area contributed by atoms with Gasteiger partial charge in [-0.15, -0.1) is 0 Å². The predicted molar refractivity (Wildman–Crippen MR) is 36.8 cm³/mol. The molecule has 0 spiro atoms. The molecule has 0 aliphatic rings. The molecule has 0 aromatic carbocycles.